The van der Waals surface area contributed by atoms with Gasteiger partial charge in [-0.05, 0) is 84.2 Å². The van der Waals surface area contributed by atoms with Gasteiger partial charge in [0.15, 0.2) is 21.8 Å². The number of hydrogen-bond acceptors (Lipinski definition) is 7. The first-order valence-electron chi connectivity index (χ1n) is 14.3. The number of amidine groups is 1. The summed E-state index contributed by atoms with van der Waals surface area (Å²) in [7, 11) is 2.92. The molecule has 3 aromatic rings. The molecule has 1 N–H and O–H groups in total. The highest BCUT2D eigenvalue weighted by Gasteiger charge is 2.38. The summed E-state index contributed by atoms with van der Waals surface area (Å²) >= 11 is 6.79. The summed E-state index contributed by atoms with van der Waals surface area (Å²) in [6.45, 7) is 1.75. The zero-order chi connectivity index (χ0) is 34.6. The third-order valence-corrected chi connectivity index (χ3v) is 8.80. The molecular weight excluding hydrogens is 682 g/mol. The molecule has 0 aromatic heterocycles. The van der Waals surface area contributed by atoms with Crippen LogP contribution in [0.5, 0.6) is 17.2 Å². The van der Waals surface area contributed by atoms with E-state index in [1.54, 1.807) is 19.3 Å². The zero-order valence-corrected chi connectivity index (χ0v) is 27.1. The number of nitrogens with one attached hydrogen (secondary N) is 1. The molecule has 2 aliphatic rings. The summed E-state index contributed by atoms with van der Waals surface area (Å²) < 4.78 is 95.7. The number of methoxy groups -OCH3 is 2. The van der Waals surface area contributed by atoms with Gasteiger partial charge < -0.3 is 29.3 Å². The van der Waals surface area contributed by atoms with Crippen LogP contribution in [0.1, 0.15) is 22.3 Å². The van der Waals surface area contributed by atoms with E-state index in [0.29, 0.717) is 53.0 Å². The van der Waals surface area contributed by atoms with Crippen LogP contribution in [0.3, 0.4) is 0 Å². The summed E-state index contributed by atoms with van der Waals surface area (Å²) in [5.74, 6) is 0.531. The molecule has 5 rings (SSSR count). The number of carbonyl (C=O) groups is 1. The molecular formula is C32H28F6N4O4S2. The van der Waals surface area contributed by atoms with Crippen LogP contribution in [0.4, 0.5) is 32.0 Å². The summed E-state index contributed by atoms with van der Waals surface area (Å²) in [4.78, 5) is 21.4. The van der Waals surface area contributed by atoms with E-state index >= 15 is 0 Å². The first-order valence-corrected chi connectivity index (χ1v) is 15.5. The van der Waals surface area contributed by atoms with Gasteiger partial charge >= 0.3 is 12.4 Å². The van der Waals surface area contributed by atoms with E-state index in [4.69, 9.17) is 26.4 Å². The lowest BCUT2D eigenvalue weighted by Crippen LogP contribution is -2.50. The molecule has 0 radical (unpaired) electrons. The Morgan fingerprint density at radius 2 is 1.62 bits per heavy atom. The van der Waals surface area contributed by atoms with Crippen LogP contribution in [-0.2, 0) is 23.8 Å². The van der Waals surface area contributed by atoms with Crippen LogP contribution in [0.2, 0.25) is 0 Å². The zero-order valence-electron chi connectivity index (χ0n) is 25.4. The van der Waals surface area contributed by atoms with Crippen LogP contribution in [0.25, 0.3) is 6.08 Å². The number of alkyl halides is 6. The van der Waals surface area contributed by atoms with Gasteiger partial charge in [-0.1, -0.05) is 12.1 Å². The minimum atomic E-state index is -5.03. The number of amides is 1. The highest BCUT2D eigenvalue weighted by Crippen LogP contribution is 2.39. The molecule has 1 amide bonds. The Morgan fingerprint density at radius 3 is 2.25 bits per heavy atom. The van der Waals surface area contributed by atoms with Gasteiger partial charge in [-0.15, -0.1) is 0 Å². The van der Waals surface area contributed by atoms with Crippen molar-refractivity contribution in [3.05, 3.63) is 87.8 Å². The number of thiocarbonyl (C=S) groups is 1. The number of halogens is 6. The molecule has 3 aromatic carbocycles. The predicted molar refractivity (Wildman–Crippen MR) is 174 cm³/mol. The van der Waals surface area contributed by atoms with Crippen LogP contribution in [-0.4, -0.2) is 66.4 Å². The Morgan fingerprint density at radius 1 is 0.917 bits per heavy atom. The normalized spacial score (nSPS) is 16.2. The number of nitrogens with zero attached hydrogens (tertiary/aromatic N) is 3. The topological polar surface area (TPSA) is 75.6 Å². The fraction of sp³-hybridized carbons (Fsp3) is 0.281. The van der Waals surface area contributed by atoms with Crippen molar-refractivity contribution in [1.29, 1.82) is 0 Å². The third kappa shape index (κ3) is 8.34. The second kappa shape index (κ2) is 14.4. The average molecular weight is 711 g/mol. The fourth-order valence-electron chi connectivity index (χ4n) is 4.85. The largest absolute Gasteiger partial charge is 0.497 e. The molecule has 0 atom stereocenters. The lowest BCUT2D eigenvalue weighted by Gasteiger charge is -2.36. The number of piperazine rings is 1. The van der Waals surface area contributed by atoms with E-state index in [1.165, 1.54) is 31.0 Å². The summed E-state index contributed by atoms with van der Waals surface area (Å²) in [5.41, 5.74) is -1.95. The van der Waals surface area contributed by atoms with Gasteiger partial charge in [-0.25, -0.2) is 0 Å². The summed E-state index contributed by atoms with van der Waals surface area (Å²) in [5, 5.41) is 4.36. The van der Waals surface area contributed by atoms with Gasteiger partial charge in [0.2, 0.25) is 0 Å². The second-order valence-electron chi connectivity index (χ2n) is 10.5. The van der Waals surface area contributed by atoms with E-state index in [-0.39, 0.29) is 17.6 Å². The molecule has 0 bridgehead atoms. The van der Waals surface area contributed by atoms with Gasteiger partial charge in [-0.3, -0.25) is 4.79 Å². The Labute approximate surface area is 281 Å². The number of aliphatic imine (C=N–C) groups is 1. The minimum Gasteiger partial charge on any atom is -0.497 e. The number of carbonyl (C=O) groups excluding carboxylic acids is 1. The van der Waals surface area contributed by atoms with Gasteiger partial charge in [0, 0.05) is 37.4 Å². The van der Waals surface area contributed by atoms with Crippen molar-refractivity contribution in [2.24, 2.45) is 4.99 Å². The minimum absolute atomic E-state index is 0.0623. The molecule has 2 aliphatic heterocycles. The van der Waals surface area contributed by atoms with Crippen molar-refractivity contribution in [2.45, 2.75) is 19.0 Å². The Hall–Kier alpha value is -4.44. The number of benzene rings is 3. The molecule has 254 valence electrons. The molecule has 0 aliphatic carbocycles. The third-order valence-electron chi connectivity index (χ3n) is 7.40. The van der Waals surface area contributed by atoms with Crippen LogP contribution >= 0.6 is 24.0 Å². The van der Waals surface area contributed by atoms with E-state index in [0.717, 1.165) is 17.5 Å². The van der Waals surface area contributed by atoms with Crippen molar-refractivity contribution in [1.82, 2.24) is 9.80 Å². The van der Waals surface area contributed by atoms with Crippen molar-refractivity contribution < 1.29 is 45.3 Å². The maximum Gasteiger partial charge on any atom is 0.416 e. The quantitative estimate of drug-likeness (QED) is 0.155. The standard InChI is InChI=1S/C32H28F6N4O4S2/c1-44-23-8-6-22(7-9-23)39-29(47)41-11-13-42(14-12-41)30-40-28(43)27(48-30)16-19-3-10-25(26(15-19)45-2)46-18-20-4-5-21(31(33,34)35)17-24(20)32(36,37)38/h3-10,15-17H,11-14,18H2,1-2H3,(H,39,47)/b27-16+. The first-order chi connectivity index (χ1) is 22.7. The highest BCUT2D eigenvalue weighted by atomic mass is 32.2. The molecule has 2 heterocycles. The van der Waals surface area contributed by atoms with E-state index < -0.39 is 41.6 Å². The Bertz CT molecular complexity index is 1740. The summed E-state index contributed by atoms with van der Waals surface area (Å²) in [6, 6.07) is 13.3. The first kappa shape index (κ1) is 34.9. The van der Waals surface area contributed by atoms with Crippen molar-refractivity contribution in [3.63, 3.8) is 0 Å². The number of thioether (sulfide) groups is 1. The van der Waals surface area contributed by atoms with E-state index in [1.807, 2.05) is 34.1 Å². The lowest BCUT2D eigenvalue weighted by atomic mass is 10.0. The van der Waals surface area contributed by atoms with Crippen LogP contribution in [0, 0.1) is 0 Å². The van der Waals surface area contributed by atoms with Gasteiger partial charge in [0.1, 0.15) is 12.4 Å². The number of rotatable bonds is 7. The van der Waals surface area contributed by atoms with E-state index in [2.05, 4.69) is 10.3 Å². The molecule has 48 heavy (non-hydrogen) atoms. The molecule has 16 heteroatoms. The fourth-order valence-corrected chi connectivity index (χ4v) is 6.12. The smallest absolute Gasteiger partial charge is 0.416 e. The van der Waals surface area contributed by atoms with Crippen LogP contribution < -0.4 is 19.5 Å². The Kier molecular flexibility index (Phi) is 10.4. The molecule has 0 unspecified atom stereocenters. The van der Waals surface area contributed by atoms with Gasteiger partial charge in [0.25, 0.3) is 5.91 Å². The molecule has 1 fully saturated rings. The number of anilines is 1. The molecule has 1 saturated heterocycles. The highest BCUT2D eigenvalue weighted by molar-refractivity contribution is 8.18. The maximum absolute atomic E-state index is 13.5. The van der Waals surface area contributed by atoms with Gasteiger partial charge in [-0.2, -0.15) is 31.3 Å². The molecule has 0 saturated carbocycles. The van der Waals surface area contributed by atoms with Crippen LogP contribution in [0.15, 0.2) is 70.6 Å². The Balaban J connectivity index is 1.19. The second-order valence-corrected chi connectivity index (χ2v) is 11.9. The molecule has 8 nitrogen and oxygen atoms in total. The lowest BCUT2D eigenvalue weighted by molar-refractivity contribution is -0.143. The predicted octanol–water partition coefficient (Wildman–Crippen LogP) is 7.31. The van der Waals surface area contributed by atoms with Crippen molar-refractivity contribution in [3.8, 4) is 17.2 Å². The van der Waals surface area contributed by atoms with Gasteiger partial charge in [0.05, 0.1) is 30.3 Å². The SMILES string of the molecule is COc1ccc(NC(=S)N2CCN(C3=NC(=O)/C(=C\c4ccc(OCc5ccc(C(F)(F)F)cc5C(F)(F)F)c(OC)c4)S3)CC2)cc1. The molecule has 0 spiro atoms. The summed E-state index contributed by atoms with van der Waals surface area (Å²) in [6.07, 6.45) is -8.35. The van der Waals surface area contributed by atoms with Crippen molar-refractivity contribution in [2.75, 3.05) is 45.7 Å². The van der Waals surface area contributed by atoms with E-state index in [9.17, 15) is 31.1 Å². The number of hydrogen-bond donors (Lipinski definition) is 1. The monoisotopic (exact) mass is 710 g/mol. The average Bonchev–Trinajstić information content (AvgIpc) is 3.42. The maximum atomic E-state index is 13.5. The number of ether oxygens (including phenoxy) is 3. The van der Waals surface area contributed by atoms with Crippen molar-refractivity contribution >= 4 is 51.9 Å².